The van der Waals surface area contributed by atoms with E-state index in [1.165, 1.54) is 5.56 Å². The Morgan fingerprint density at radius 1 is 1.29 bits per heavy atom. The van der Waals surface area contributed by atoms with E-state index in [2.05, 4.69) is 11.4 Å². The number of aliphatic hydroxyl groups excluding tert-OH is 1. The topological polar surface area (TPSA) is 61.7 Å². The second-order valence-corrected chi connectivity index (χ2v) is 6.44. The van der Waals surface area contributed by atoms with Gasteiger partial charge in [0, 0.05) is 22.9 Å². The molecule has 21 heavy (non-hydrogen) atoms. The zero-order valence-electron chi connectivity index (χ0n) is 11.5. The van der Waals surface area contributed by atoms with Crippen LogP contribution in [0.2, 0.25) is 0 Å². The summed E-state index contributed by atoms with van der Waals surface area (Å²) in [6, 6.07) is 4.14. The van der Waals surface area contributed by atoms with Gasteiger partial charge in [0.15, 0.2) is 11.5 Å². The second kappa shape index (κ2) is 4.15. The van der Waals surface area contributed by atoms with Gasteiger partial charge >= 0.3 is 0 Å². The molecule has 2 bridgehead atoms. The quantitative estimate of drug-likeness (QED) is 0.632. The van der Waals surface area contributed by atoms with Gasteiger partial charge in [0.1, 0.15) is 12.2 Å². The van der Waals surface area contributed by atoms with Gasteiger partial charge < -0.3 is 20.3 Å². The average molecular weight is 308 g/mol. The summed E-state index contributed by atoms with van der Waals surface area (Å²) in [6.45, 7) is 0.941. The first-order valence-corrected chi connectivity index (χ1v) is 7.33. The fourth-order valence-electron chi connectivity index (χ4n) is 4.98. The van der Waals surface area contributed by atoms with Crippen LogP contribution in [-0.4, -0.2) is 35.0 Å². The van der Waals surface area contributed by atoms with Crippen LogP contribution >= 0.6 is 12.4 Å². The van der Waals surface area contributed by atoms with E-state index in [1.54, 1.807) is 6.07 Å². The van der Waals surface area contributed by atoms with Crippen molar-refractivity contribution < 1.29 is 14.9 Å². The molecule has 1 spiro atoms. The number of hydrogen-bond acceptors (Lipinski definition) is 4. The maximum absolute atomic E-state index is 10.4. The van der Waals surface area contributed by atoms with Crippen molar-refractivity contribution in [3.05, 3.63) is 35.4 Å². The van der Waals surface area contributed by atoms with Gasteiger partial charge in [0.05, 0.1) is 0 Å². The molecule has 5 rings (SSSR count). The van der Waals surface area contributed by atoms with Gasteiger partial charge in [-0.2, -0.15) is 0 Å². The Labute approximate surface area is 129 Å². The molecule has 0 aromatic heterocycles. The van der Waals surface area contributed by atoms with Crippen LogP contribution in [0.3, 0.4) is 0 Å². The molecule has 5 atom stereocenters. The Morgan fingerprint density at radius 3 is 3.00 bits per heavy atom. The molecule has 1 unspecified atom stereocenters. The maximum atomic E-state index is 10.4. The van der Waals surface area contributed by atoms with Gasteiger partial charge in [-0.25, -0.2) is 0 Å². The van der Waals surface area contributed by atoms with Gasteiger partial charge in [-0.3, -0.25) is 0 Å². The summed E-state index contributed by atoms with van der Waals surface area (Å²) in [6.07, 6.45) is 5.08. The number of rotatable bonds is 0. The van der Waals surface area contributed by atoms with Gasteiger partial charge in [-0.05, 0) is 31.0 Å². The van der Waals surface area contributed by atoms with Crippen molar-refractivity contribution in [3.63, 3.8) is 0 Å². The lowest BCUT2D eigenvalue weighted by atomic mass is 9.54. The predicted molar refractivity (Wildman–Crippen MR) is 80.2 cm³/mol. The molecule has 1 saturated heterocycles. The highest BCUT2D eigenvalue weighted by Crippen LogP contribution is 2.61. The summed E-state index contributed by atoms with van der Waals surface area (Å²) < 4.78 is 6.04. The summed E-state index contributed by atoms with van der Waals surface area (Å²) in [5.41, 5.74) is 2.26. The Balaban J connectivity index is 0.00000115. The molecule has 0 saturated carbocycles. The third-order valence-electron chi connectivity index (χ3n) is 5.68. The molecule has 0 amide bonds. The smallest absolute Gasteiger partial charge is 0.165 e. The zero-order valence-corrected chi connectivity index (χ0v) is 12.3. The monoisotopic (exact) mass is 307 g/mol. The first-order valence-electron chi connectivity index (χ1n) is 7.33. The number of piperidine rings is 1. The SMILES string of the molecule is Cl.Oc1ccc2c3c1O[C@H]1[C@@H](O)C=C[C@H]4C(C2)NCC[C@@]341. The molecule has 4 nitrogen and oxygen atoms in total. The van der Waals surface area contributed by atoms with Gasteiger partial charge in [-0.1, -0.05) is 18.2 Å². The number of halogens is 1. The largest absolute Gasteiger partial charge is 0.504 e. The fraction of sp³-hybridized carbons (Fsp3) is 0.500. The van der Waals surface area contributed by atoms with Crippen LogP contribution in [0.15, 0.2) is 24.3 Å². The molecule has 1 aromatic carbocycles. The van der Waals surface area contributed by atoms with Crippen molar-refractivity contribution in [3.8, 4) is 11.5 Å². The number of aromatic hydroxyl groups is 1. The van der Waals surface area contributed by atoms with E-state index < -0.39 is 6.10 Å². The van der Waals surface area contributed by atoms with E-state index in [0.29, 0.717) is 17.7 Å². The minimum atomic E-state index is -0.595. The highest BCUT2D eigenvalue weighted by atomic mass is 35.5. The van der Waals surface area contributed by atoms with E-state index >= 15 is 0 Å². The average Bonchev–Trinajstić information content (AvgIpc) is 2.78. The normalized spacial score (nSPS) is 41.0. The van der Waals surface area contributed by atoms with E-state index in [0.717, 1.165) is 24.9 Å². The molecule has 112 valence electrons. The molecule has 3 N–H and O–H groups in total. The third kappa shape index (κ3) is 1.38. The highest BCUT2D eigenvalue weighted by Gasteiger charge is 2.63. The second-order valence-electron chi connectivity index (χ2n) is 6.44. The van der Waals surface area contributed by atoms with Crippen molar-refractivity contribution in [1.82, 2.24) is 5.32 Å². The minimum Gasteiger partial charge on any atom is -0.504 e. The summed E-state index contributed by atoms with van der Waals surface area (Å²) in [7, 11) is 0. The Bertz CT molecular complexity index is 647. The molecular formula is C16H18ClNO3. The van der Waals surface area contributed by atoms with Crippen LogP contribution in [0.5, 0.6) is 11.5 Å². The first-order chi connectivity index (χ1) is 9.72. The van der Waals surface area contributed by atoms with Crippen molar-refractivity contribution in [2.24, 2.45) is 5.92 Å². The van der Waals surface area contributed by atoms with Crippen LogP contribution in [0.4, 0.5) is 0 Å². The Morgan fingerprint density at radius 2 is 2.14 bits per heavy atom. The Hall–Kier alpha value is -1.23. The van der Waals surface area contributed by atoms with Crippen LogP contribution in [0.25, 0.3) is 0 Å². The van der Waals surface area contributed by atoms with Gasteiger partial charge in [0.2, 0.25) is 0 Å². The highest BCUT2D eigenvalue weighted by molar-refractivity contribution is 5.85. The molecule has 2 aliphatic heterocycles. The van der Waals surface area contributed by atoms with Crippen molar-refractivity contribution in [2.45, 2.75) is 36.5 Å². The molecule has 1 aromatic rings. The van der Waals surface area contributed by atoms with E-state index in [1.807, 2.05) is 12.1 Å². The number of phenolic OH excluding ortho intramolecular Hbond substituents is 1. The molecule has 2 aliphatic carbocycles. The summed E-state index contributed by atoms with van der Waals surface area (Å²) in [4.78, 5) is 0. The zero-order chi connectivity index (χ0) is 13.5. The molecule has 0 radical (unpaired) electrons. The number of phenols is 1. The number of ether oxygens (including phenoxy) is 1. The number of nitrogens with one attached hydrogen (secondary N) is 1. The fourth-order valence-corrected chi connectivity index (χ4v) is 4.98. The molecular weight excluding hydrogens is 290 g/mol. The van der Waals surface area contributed by atoms with Crippen LogP contribution in [0, 0.1) is 5.92 Å². The lowest BCUT2D eigenvalue weighted by Gasteiger charge is -2.53. The summed E-state index contributed by atoms with van der Waals surface area (Å²) >= 11 is 0. The van der Waals surface area contributed by atoms with Crippen molar-refractivity contribution in [1.29, 1.82) is 0 Å². The van der Waals surface area contributed by atoms with Crippen molar-refractivity contribution in [2.75, 3.05) is 6.54 Å². The Kier molecular flexibility index (Phi) is 2.66. The first kappa shape index (κ1) is 13.4. The van der Waals surface area contributed by atoms with Crippen LogP contribution in [-0.2, 0) is 11.8 Å². The van der Waals surface area contributed by atoms with E-state index in [9.17, 15) is 10.2 Å². The summed E-state index contributed by atoms with van der Waals surface area (Å²) in [5.74, 6) is 1.16. The lowest BCUT2D eigenvalue weighted by Crippen LogP contribution is -2.64. The molecule has 1 fully saturated rings. The molecule has 5 heteroatoms. The summed E-state index contributed by atoms with van der Waals surface area (Å²) in [5, 5.41) is 24.1. The van der Waals surface area contributed by atoms with Gasteiger partial charge in [0.25, 0.3) is 0 Å². The lowest BCUT2D eigenvalue weighted by molar-refractivity contribution is -0.0177. The van der Waals surface area contributed by atoms with E-state index in [4.69, 9.17) is 4.74 Å². The minimum absolute atomic E-state index is 0. The van der Waals surface area contributed by atoms with Crippen LogP contribution in [0.1, 0.15) is 17.5 Å². The standard InChI is InChI=1S/C16H17NO3.ClH/c18-11-3-1-8-7-10-9-2-4-12(19)15-16(9,5-6-17-10)13(8)14(11)20-15;/h1-4,9-10,12,15,17-19H,5-7H2;1H/t9-,10?,12-,15-,16-;/m0./s1. The predicted octanol–water partition coefficient (Wildman–Crippen LogP) is 1.28. The van der Waals surface area contributed by atoms with Gasteiger partial charge in [-0.15, -0.1) is 12.4 Å². The molecule has 2 heterocycles. The van der Waals surface area contributed by atoms with Crippen molar-refractivity contribution >= 4 is 12.4 Å². The number of hydrogen-bond donors (Lipinski definition) is 3. The number of aliphatic hydroxyl groups is 1. The third-order valence-corrected chi connectivity index (χ3v) is 5.68. The number of benzene rings is 1. The maximum Gasteiger partial charge on any atom is 0.165 e. The van der Waals surface area contributed by atoms with Crippen LogP contribution < -0.4 is 10.1 Å². The molecule has 4 aliphatic rings. The van der Waals surface area contributed by atoms with E-state index in [-0.39, 0.29) is 29.7 Å².